The summed E-state index contributed by atoms with van der Waals surface area (Å²) in [6.45, 7) is 7.88. The normalized spacial score (nSPS) is 28.1. The minimum Gasteiger partial charge on any atom is -0.359 e. The number of nitrogens with zero attached hydrogens (tertiary/aromatic N) is 1. The van der Waals surface area contributed by atoms with E-state index in [1.54, 1.807) is 0 Å². The Kier molecular flexibility index (Phi) is 3.53. The van der Waals surface area contributed by atoms with Crippen molar-refractivity contribution >= 4 is 16.9 Å². The fraction of sp³-hybridized carbons (Fsp3) is 0.923. The van der Waals surface area contributed by atoms with E-state index in [0.717, 1.165) is 6.54 Å². The van der Waals surface area contributed by atoms with Crippen LogP contribution in [-0.4, -0.2) is 23.0 Å². The summed E-state index contributed by atoms with van der Waals surface area (Å²) in [6, 6.07) is 0. The molecule has 2 nitrogen and oxygen atoms in total. The Labute approximate surface area is 104 Å². The number of rotatable bonds is 5. The zero-order valence-corrected chi connectivity index (χ0v) is 11.6. The summed E-state index contributed by atoms with van der Waals surface area (Å²) in [4.78, 5) is 4.79. The minimum absolute atomic E-state index is 0.326. The van der Waals surface area contributed by atoms with Gasteiger partial charge in [-0.2, -0.15) is 0 Å². The molecule has 0 aromatic rings. The first kappa shape index (κ1) is 12.3. The van der Waals surface area contributed by atoms with Crippen LogP contribution in [0, 0.1) is 5.41 Å². The van der Waals surface area contributed by atoms with Crippen molar-refractivity contribution in [2.45, 2.75) is 58.4 Å². The maximum atomic E-state index is 4.79. The zero-order valence-electron chi connectivity index (χ0n) is 10.8. The average Bonchev–Trinajstić information content (AvgIpc) is 3.00. The van der Waals surface area contributed by atoms with Gasteiger partial charge in [0.15, 0.2) is 5.17 Å². The first-order valence-electron chi connectivity index (χ1n) is 6.63. The number of nitrogens with one attached hydrogen (secondary N) is 1. The molecule has 1 heterocycles. The summed E-state index contributed by atoms with van der Waals surface area (Å²) in [5, 5.41) is 4.84. The minimum atomic E-state index is 0.326. The molecule has 0 atom stereocenters. The standard InChI is InChI=1S/C13H24N2S/c1-4-12(7-8-12)9-14-11-15-13(5-2,6-3)10-16-11/h4-10H2,1-3H3,(H,14,15). The number of hydrogen-bond donors (Lipinski definition) is 1. The summed E-state index contributed by atoms with van der Waals surface area (Å²) in [7, 11) is 0. The third-order valence-electron chi connectivity index (χ3n) is 4.48. The van der Waals surface area contributed by atoms with Gasteiger partial charge in [-0.05, 0) is 37.5 Å². The van der Waals surface area contributed by atoms with Crippen molar-refractivity contribution in [3.05, 3.63) is 0 Å². The summed E-state index contributed by atoms with van der Waals surface area (Å²) in [6.07, 6.45) is 6.47. The third-order valence-corrected chi connectivity index (χ3v) is 5.68. The topological polar surface area (TPSA) is 24.4 Å². The largest absolute Gasteiger partial charge is 0.359 e. The van der Waals surface area contributed by atoms with Gasteiger partial charge in [-0.15, -0.1) is 0 Å². The van der Waals surface area contributed by atoms with E-state index in [1.165, 1.54) is 43.0 Å². The van der Waals surface area contributed by atoms with Gasteiger partial charge in [-0.25, -0.2) is 0 Å². The Balaban J connectivity index is 1.90. The Morgan fingerprint density at radius 2 is 1.88 bits per heavy atom. The van der Waals surface area contributed by atoms with E-state index in [1.807, 2.05) is 11.8 Å². The highest BCUT2D eigenvalue weighted by molar-refractivity contribution is 8.14. The van der Waals surface area contributed by atoms with Crippen molar-refractivity contribution in [3.63, 3.8) is 0 Å². The van der Waals surface area contributed by atoms with Gasteiger partial charge in [0.25, 0.3) is 0 Å². The van der Waals surface area contributed by atoms with Gasteiger partial charge in [-0.3, -0.25) is 4.99 Å². The summed E-state index contributed by atoms with van der Waals surface area (Å²) >= 11 is 1.92. The number of thioether (sulfide) groups is 1. The highest BCUT2D eigenvalue weighted by Gasteiger charge is 2.41. The van der Waals surface area contributed by atoms with Crippen molar-refractivity contribution in [3.8, 4) is 0 Å². The van der Waals surface area contributed by atoms with Gasteiger partial charge in [0, 0.05) is 17.8 Å². The van der Waals surface area contributed by atoms with Crippen LogP contribution in [0.5, 0.6) is 0 Å². The third kappa shape index (κ3) is 2.39. The van der Waals surface area contributed by atoms with E-state index in [2.05, 4.69) is 26.1 Å². The molecule has 3 heteroatoms. The fourth-order valence-electron chi connectivity index (χ4n) is 2.26. The van der Waals surface area contributed by atoms with Gasteiger partial charge in [0.05, 0.1) is 0 Å². The van der Waals surface area contributed by atoms with Crippen molar-refractivity contribution in [1.29, 1.82) is 0 Å². The van der Waals surface area contributed by atoms with Crippen LogP contribution in [-0.2, 0) is 0 Å². The molecule has 0 spiro atoms. The molecule has 2 aliphatic rings. The smallest absolute Gasteiger partial charge is 0.157 e. The molecule has 16 heavy (non-hydrogen) atoms. The molecule has 0 bridgehead atoms. The molecule has 1 saturated carbocycles. The van der Waals surface area contributed by atoms with E-state index in [-0.39, 0.29) is 0 Å². The lowest BCUT2D eigenvalue weighted by atomic mass is 9.96. The molecule has 2 fully saturated rings. The van der Waals surface area contributed by atoms with E-state index in [9.17, 15) is 0 Å². The van der Waals surface area contributed by atoms with Crippen LogP contribution in [0.3, 0.4) is 0 Å². The maximum Gasteiger partial charge on any atom is 0.157 e. The van der Waals surface area contributed by atoms with E-state index in [0.29, 0.717) is 11.0 Å². The van der Waals surface area contributed by atoms with Crippen LogP contribution in [0.2, 0.25) is 0 Å². The maximum absolute atomic E-state index is 4.79. The van der Waals surface area contributed by atoms with Gasteiger partial charge in [-0.1, -0.05) is 32.5 Å². The molecule has 0 unspecified atom stereocenters. The van der Waals surface area contributed by atoms with Gasteiger partial charge < -0.3 is 5.32 Å². The highest BCUT2D eigenvalue weighted by Crippen LogP contribution is 2.49. The van der Waals surface area contributed by atoms with Crippen molar-refractivity contribution in [2.24, 2.45) is 10.4 Å². The lowest BCUT2D eigenvalue weighted by Gasteiger charge is -2.25. The second kappa shape index (κ2) is 4.59. The van der Waals surface area contributed by atoms with Crippen LogP contribution in [0.15, 0.2) is 4.99 Å². The van der Waals surface area contributed by atoms with E-state index in [4.69, 9.17) is 4.99 Å². The zero-order chi connectivity index (χ0) is 11.6. The molecule has 1 aliphatic carbocycles. The molecule has 0 aromatic carbocycles. The lowest BCUT2D eigenvalue weighted by molar-refractivity contribution is 0.406. The summed E-state index contributed by atoms with van der Waals surface area (Å²) in [5.74, 6) is 1.19. The molecule has 2 rings (SSSR count). The van der Waals surface area contributed by atoms with Gasteiger partial charge in [0.1, 0.15) is 0 Å². The predicted octanol–water partition coefficient (Wildman–Crippen LogP) is 3.43. The van der Waals surface area contributed by atoms with E-state index < -0.39 is 0 Å². The first-order chi connectivity index (χ1) is 7.67. The predicted molar refractivity (Wildman–Crippen MR) is 73.2 cm³/mol. The second-order valence-corrected chi connectivity index (χ2v) is 6.34. The Bertz CT molecular complexity index is 278. The Morgan fingerprint density at radius 1 is 1.19 bits per heavy atom. The van der Waals surface area contributed by atoms with Crippen molar-refractivity contribution < 1.29 is 0 Å². The molecular weight excluding hydrogens is 216 g/mol. The molecule has 0 aromatic heterocycles. The number of hydrogen-bond acceptors (Lipinski definition) is 2. The molecule has 1 saturated heterocycles. The van der Waals surface area contributed by atoms with Gasteiger partial charge in [0.2, 0.25) is 0 Å². The number of aliphatic imine (C=N–C) groups is 1. The monoisotopic (exact) mass is 240 g/mol. The molecular formula is C13H24N2S. The fourth-order valence-corrected chi connectivity index (χ4v) is 3.60. The highest BCUT2D eigenvalue weighted by atomic mass is 32.2. The second-order valence-electron chi connectivity index (χ2n) is 5.38. The molecule has 1 N–H and O–H groups in total. The van der Waals surface area contributed by atoms with Gasteiger partial charge >= 0.3 is 0 Å². The molecule has 1 aliphatic heterocycles. The van der Waals surface area contributed by atoms with Crippen LogP contribution < -0.4 is 5.32 Å². The van der Waals surface area contributed by atoms with Crippen LogP contribution in [0.25, 0.3) is 0 Å². The Morgan fingerprint density at radius 3 is 2.31 bits per heavy atom. The van der Waals surface area contributed by atoms with Crippen LogP contribution in [0.1, 0.15) is 52.9 Å². The van der Waals surface area contributed by atoms with Crippen molar-refractivity contribution in [1.82, 2.24) is 5.32 Å². The van der Waals surface area contributed by atoms with Crippen LogP contribution in [0.4, 0.5) is 0 Å². The summed E-state index contributed by atoms with van der Waals surface area (Å²) in [5.41, 5.74) is 0.908. The van der Waals surface area contributed by atoms with Crippen molar-refractivity contribution in [2.75, 3.05) is 12.3 Å². The molecule has 0 amide bonds. The Hall–Kier alpha value is -0.180. The first-order valence-corrected chi connectivity index (χ1v) is 7.61. The van der Waals surface area contributed by atoms with E-state index >= 15 is 0 Å². The average molecular weight is 240 g/mol. The molecule has 0 radical (unpaired) electrons. The lowest BCUT2D eigenvalue weighted by Crippen LogP contribution is -2.42. The van der Waals surface area contributed by atoms with Crippen LogP contribution >= 0.6 is 11.8 Å². The summed E-state index contributed by atoms with van der Waals surface area (Å²) < 4.78 is 0. The molecule has 92 valence electrons. The SMILES string of the molecule is CCC1(CN=C2NC(CC)(CC)CS2)CC1. The number of amidine groups is 1. The quantitative estimate of drug-likeness (QED) is 0.796.